The van der Waals surface area contributed by atoms with E-state index in [1.807, 2.05) is 19.3 Å². The van der Waals surface area contributed by atoms with Gasteiger partial charge in [0, 0.05) is 55.8 Å². The molecule has 0 atom stereocenters. The molecule has 0 aliphatic carbocycles. The van der Waals surface area contributed by atoms with E-state index in [0.29, 0.717) is 0 Å². The molecule has 1 aliphatic heterocycles. The number of benzene rings is 3. The fraction of sp³-hybridized carbons (Fsp3) is 0.206. The highest BCUT2D eigenvalue weighted by Crippen LogP contribution is 2.31. The fourth-order valence-electron chi connectivity index (χ4n) is 5.44. The van der Waals surface area contributed by atoms with Crippen LogP contribution in [0.5, 0.6) is 0 Å². The first kappa shape index (κ1) is 25.0. The van der Waals surface area contributed by atoms with Gasteiger partial charge in [-0.1, -0.05) is 90.5 Å². The Hall–Kier alpha value is -4.35. The van der Waals surface area contributed by atoms with Crippen molar-refractivity contribution in [2.45, 2.75) is 19.9 Å². The van der Waals surface area contributed by atoms with Gasteiger partial charge in [0.1, 0.15) is 11.6 Å². The van der Waals surface area contributed by atoms with E-state index in [1.165, 1.54) is 16.7 Å². The summed E-state index contributed by atoms with van der Waals surface area (Å²) in [7, 11) is 0. The zero-order chi connectivity index (χ0) is 26.6. The molecule has 0 radical (unpaired) electrons. The molecule has 2 aromatic heterocycles. The average Bonchev–Trinajstić information content (AvgIpc) is 2.99. The Morgan fingerprint density at radius 3 is 1.87 bits per heavy atom. The van der Waals surface area contributed by atoms with Gasteiger partial charge in [0.05, 0.1) is 11.7 Å². The van der Waals surface area contributed by atoms with E-state index in [0.717, 1.165) is 60.2 Å². The molecule has 3 heterocycles. The molecule has 194 valence electrons. The second kappa shape index (κ2) is 11.2. The van der Waals surface area contributed by atoms with Gasteiger partial charge in [0.2, 0.25) is 0 Å². The normalized spacial score (nSPS) is 14.1. The number of anilines is 1. The van der Waals surface area contributed by atoms with Crippen LogP contribution in [0, 0.1) is 13.8 Å². The Labute approximate surface area is 230 Å². The van der Waals surface area contributed by atoms with E-state index >= 15 is 0 Å². The first-order chi connectivity index (χ1) is 19.1. The second-order valence-electron chi connectivity index (χ2n) is 10.2. The van der Waals surface area contributed by atoms with Crippen LogP contribution < -0.4 is 4.90 Å². The first-order valence-electron chi connectivity index (χ1n) is 13.6. The lowest BCUT2D eigenvalue weighted by Crippen LogP contribution is -2.48. The summed E-state index contributed by atoms with van der Waals surface area (Å²) >= 11 is 0. The maximum atomic E-state index is 4.84. The molecular weight excluding hydrogens is 478 g/mol. The fourth-order valence-corrected chi connectivity index (χ4v) is 5.44. The Bertz CT molecular complexity index is 1490. The lowest BCUT2D eigenvalue weighted by Gasteiger charge is -2.40. The molecule has 0 saturated carbocycles. The largest absolute Gasteiger partial charge is 0.354 e. The number of hydrogen-bond acceptors (Lipinski definition) is 5. The van der Waals surface area contributed by atoms with Crippen LogP contribution in [0.3, 0.4) is 0 Å². The molecule has 5 nitrogen and oxygen atoms in total. The number of aromatic nitrogens is 3. The molecule has 5 heteroatoms. The summed E-state index contributed by atoms with van der Waals surface area (Å²) in [6.45, 7) is 7.81. The summed E-state index contributed by atoms with van der Waals surface area (Å²) < 4.78 is 0. The van der Waals surface area contributed by atoms with Crippen LogP contribution >= 0.6 is 0 Å². The molecule has 1 saturated heterocycles. The van der Waals surface area contributed by atoms with Crippen molar-refractivity contribution in [1.29, 1.82) is 0 Å². The molecule has 0 bridgehead atoms. The zero-order valence-electron chi connectivity index (χ0n) is 22.5. The van der Waals surface area contributed by atoms with Gasteiger partial charge in [-0.25, -0.2) is 9.97 Å². The molecule has 1 aliphatic rings. The van der Waals surface area contributed by atoms with Gasteiger partial charge >= 0.3 is 0 Å². The molecule has 5 aromatic rings. The molecule has 0 amide bonds. The highest BCUT2D eigenvalue weighted by molar-refractivity contribution is 5.71. The van der Waals surface area contributed by atoms with Crippen molar-refractivity contribution < 1.29 is 0 Å². The smallest absolute Gasteiger partial charge is 0.132 e. The summed E-state index contributed by atoms with van der Waals surface area (Å²) in [5, 5.41) is 0. The van der Waals surface area contributed by atoms with Crippen molar-refractivity contribution in [1.82, 2.24) is 19.9 Å². The van der Waals surface area contributed by atoms with E-state index in [-0.39, 0.29) is 6.04 Å². The van der Waals surface area contributed by atoms with E-state index in [2.05, 4.69) is 119 Å². The summed E-state index contributed by atoms with van der Waals surface area (Å²) in [6, 6.07) is 34.8. The monoisotopic (exact) mass is 511 g/mol. The Balaban J connectivity index is 1.23. The van der Waals surface area contributed by atoms with Crippen LogP contribution in [0.15, 0.2) is 109 Å². The van der Waals surface area contributed by atoms with Crippen LogP contribution in [-0.2, 0) is 0 Å². The quantitative estimate of drug-likeness (QED) is 0.253. The highest BCUT2D eigenvalue weighted by Gasteiger charge is 2.27. The maximum Gasteiger partial charge on any atom is 0.132 e. The van der Waals surface area contributed by atoms with Crippen molar-refractivity contribution in [3.8, 4) is 22.4 Å². The van der Waals surface area contributed by atoms with Gasteiger partial charge in [0.15, 0.2) is 0 Å². The summed E-state index contributed by atoms with van der Waals surface area (Å²) in [4.78, 5) is 19.1. The number of aryl methyl sites for hydroxylation is 2. The lowest BCUT2D eigenvalue weighted by atomic mass is 9.96. The van der Waals surface area contributed by atoms with Gasteiger partial charge in [-0.2, -0.15) is 0 Å². The molecule has 0 N–H and O–H groups in total. The topological polar surface area (TPSA) is 45.2 Å². The van der Waals surface area contributed by atoms with E-state index < -0.39 is 0 Å². The van der Waals surface area contributed by atoms with Crippen molar-refractivity contribution >= 4 is 5.82 Å². The van der Waals surface area contributed by atoms with E-state index in [4.69, 9.17) is 9.97 Å². The Morgan fingerprint density at radius 2 is 1.23 bits per heavy atom. The number of nitrogens with zero attached hydrogens (tertiary/aromatic N) is 5. The first-order valence-corrected chi connectivity index (χ1v) is 13.6. The molecule has 0 spiro atoms. The Kier molecular flexibility index (Phi) is 7.15. The van der Waals surface area contributed by atoms with E-state index in [9.17, 15) is 0 Å². The predicted octanol–water partition coefficient (Wildman–Crippen LogP) is 6.73. The van der Waals surface area contributed by atoms with Crippen LogP contribution in [0.1, 0.15) is 28.6 Å². The molecular formula is C34H33N5. The molecule has 6 rings (SSSR count). The number of piperazine rings is 1. The summed E-state index contributed by atoms with van der Waals surface area (Å²) in [5.41, 5.74) is 8.07. The third-order valence-corrected chi connectivity index (χ3v) is 7.48. The second-order valence-corrected chi connectivity index (χ2v) is 10.2. The van der Waals surface area contributed by atoms with Gasteiger partial charge in [-0.05, 0) is 36.6 Å². The van der Waals surface area contributed by atoms with Crippen LogP contribution in [0.25, 0.3) is 22.4 Å². The van der Waals surface area contributed by atoms with Crippen molar-refractivity contribution in [3.63, 3.8) is 0 Å². The zero-order valence-corrected chi connectivity index (χ0v) is 22.5. The summed E-state index contributed by atoms with van der Waals surface area (Å²) in [6.07, 6.45) is 3.81. The minimum absolute atomic E-state index is 0.243. The van der Waals surface area contributed by atoms with Gasteiger partial charge < -0.3 is 4.90 Å². The Morgan fingerprint density at radius 1 is 0.615 bits per heavy atom. The van der Waals surface area contributed by atoms with Crippen LogP contribution in [-0.4, -0.2) is 46.0 Å². The van der Waals surface area contributed by atoms with Crippen molar-refractivity contribution in [3.05, 3.63) is 132 Å². The molecule has 3 aromatic carbocycles. The SMILES string of the molecule is Cc1ccc(-c2cncc(-c3cc(N4CCN(C(c5ccccc5)c5ccccc5)CC4)nc(C)n3)c2)cc1. The van der Waals surface area contributed by atoms with Gasteiger partial charge in [-0.15, -0.1) is 0 Å². The highest BCUT2D eigenvalue weighted by atomic mass is 15.3. The standard InChI is InChI=1S/C34H33N5/c1-25-13-15-27(16-14-25)30-21-31(24-35-23-30)32-22-33(37-26(2)36-32)38-17-19-39(20-18-38)34(28-9-5-3-6-10-28)29-11-7-4-8-12-29/h3-16,21-24,34H,17-20H2,1-2H3. The average molecular weight is 512 g/mol. The van der Waals surface area contributed by atoms with Crippen LogP contribution in [0.4, 0.5) is 5.82 Å². The molecule has 39 heavy (non-hydrogen) atoms. The maximum absolute atomic E-state index is 4.84. The van der Waals surface area contributed by atoms with E-state index in [1.54, 1.807) is 0 Å². The molecule has 1 fully saturated rings. The number of hydrogen-bond donors (Lipinski definition) is 0. The minimum atomic E-state index is 0.243. The third kappa shape index (κ3) is 5.59. The van der Waals surface area contributed by atoms with Gasteiger partial charge in [0.25, 0.3) is 0 Å². The number of rotatable bonds is 6. The lowest BCUT2D eigenvalue weighted by molar-refractivity contribution is 0.212. The van der Waals surface area contributed by atoms with Gasteiger partial charge in [-0.3, -0.25) is 9.88 Å². The summed E-state index contributed by atoms with van der Waals surface area (Å²) in [5.74, 6) is 1.76. The van der Waals surface area contributed by atoms with Crippen molar-refractivity contribution in [2.75, 3.05) is 31.1 Å². The minimum Gasteiger partial charge on any atom is -0.354 e. The van der Waals surface area contributed by atoms with Crippen molar-refractivity contribution in [2.24, 2.45) is 0 Å². The van der Waals surface area contributed by atoms with Crippen LogP contribution in [0.2, 0.25) is 0 Å². The third-order valence-electron chi connectivity index (χ3n) is 7.48. The predicted molar refractivity (Wildman–Crippen MR) is 159 cm³/mol. The molecule has 0 unspecified atom stereocenters. The number of pyridine rings is 1.